The number of rotatable bonds is 5. The number of carbonyl (C=O) groups is 1. The van der Waals surface area contributed by atoms with Gasteiger partial charge in [0.25, 0.3) is 11.6 Å². The minimum Gasteiger partial charge on any atom is -0.371 e. The highest BCUT2D eigenvalue weighted by atomic mass is 16.6. The first kappa shape index (κ1) is 16.0. The zero-order chi connectivity index (χ0) is 16.9. The summed E-state index contributed by atoms with van der Waals surface area (Å²) in [6.45, 7) is 2.35. The van der Waals surface area contributed by atoms with Gasteiger partial charge in [-0.25, -0.2) is 0 Å². The van der Waals surface area contributed by atoms with Gasteiger partial charge in [-0.1, -0.05) is 30.3 Å². The number of para-hydroxylation sites is 2. The fraction of sp³-hybridized carbons (Fsp3) is 0.278. The number of hydrogen-bond donors (Lipinski definition) is 1. The summed E-state index contributed by atoms with van der Waals surface area (Å²) in [6.07, 6.45) is 0.992. The van der Waals surface area contributed by atoms with Gasteiger partial charge in [0.1, 0.15) is 5.56 Å². The molecule has 1 unspecified atom stereocenters. The Morgan fingerprint density at radius 2 is 1.88 bits per heavy atom. The van der Waals surface area contributed by atoms with E-state index < -0.39 is 4.92 Å². The summed E-state index contributed by atoms with van der Waals surface area (Å²) in [6, 6.07) is 16.2. The van der Waals surface area contributed by atoms with Crippen LogP contribution in [0, 0.1) is 16.0 Å². The van der Waals surface area contributed by atoms with Crippen molar-refractivity contribution < 1.29 is 9.72 Å². The van der Waals surface area contributed by atoms with Gasteiger partial charge in [0.15, 0.2) is 0 Å². The van der Waals surface area contributed by atoms with Crippen molar-refractivity contribution in [2.75, 3.05) is 24.5 Å². The van der Waals surface area contributed by atoms with Crippen molar-refractivity contribution in [2.24, 2.45) is 5.92 Å². The average molecular weight is 325 g/mol. The van der Waals surface area contributed by atoms with Crippen LogP contribution in [0.4, 0.5) is 11.4 Å². The Morgan fingerprint density at radius 3 is 2.62 bits per heavy atom. The summed E-state index contributed by atoms with van der Waals surface area (Å²) in [5.74, 6) is -0.0441. The highest BCUT2D eigenvalue weighted by Gasteiger charge is 2.24. The second-order valence-electron chi connectivity index (χ2n) is 5.92. The van der Waals surface area contributed by atoms with Crippen LogP contribution in [-0.2, 0) is 0 Å². The number of anilines is 1. The summed E-state index contributed by atoms with van der Waals surface area (Å²) in [5.41, 5.74) is 1.14. The molecular formula is C18H19N3O3. The van der Waals surface area contributed by atoms with Gasteiger partial charge >= 0.3 is 0 Å². The lowest BCUT2D eigenvalue weighted by Gasteiger charge is -2.18. The maximum absolute atomic E-state index is 12.2. The van der Waals surface area contributed by atoms with Crippen LogP contribution < -0.4 is 10.2 Å². The second kappa shape index (κ2) is 7.12. The molecule has 0 aromatic heterocycles. The highest BCUT2D eigenvalue weighted by Crippen LogP contribution is 2.23. The van der Waals surface area contributed by atoms with Gasteiger partial charge in [-0.15, -0.1) is 0 Å². The molecule has 1 aliphatic heterocycles. The molecule has 1 amide bonds. The van der Waals surface area contributed by atoms with E-state index in [2.05, 4.69) is 22.3 Å². The number of nitro benzene ring substituents is 1. The first-order chi connectivity index (χ1) is 11.6. The molecule has 3 rings (SSSR count). The molecule has 1 aliphatic rings. The third-order valence-electron chi connectivity index (χ3n) is 4.30. The molecule has 0 aliphatic carbocycles. The summed E-state index contributed by atoms with van der Waals surface area (Å²) >= 11 is 0. The van der Waals surface area contributed by atoms with Gasteiger partial charge in [0.05, 0.1) is 4.92 Å². The molecule has 6 heteroatoms. The van der Waals surface area contributed by atoms with Crippen molar-refractivity contribution in [2.45, 2.75) is 6.42 Å². The maximum atomic E-state index is 12.2. The van der Waals surface area contributed by atoms with E-state index >= 15 is 0 Å². The molecule has 1 fully saturated rings. The Balaban J connectivity index is 1.57. The monoisotopic (exact) mass is 325 g/mol. The van der Waals surface area contributed by atoms with Gasteiger partial charge in [0.2, 0.25) is 0 Å². The molecule has 0 spiro atoms. The van der Waals surface area contributed by atoms with E-state index in [0.29, 0.717) is 12.5 Å². The quantitative estimate of drug-likeness (QED) is 0.677. The van der Waals surface area contributed by atoms with E-state index in [1.54, 1.807) is 12.1 Å². The van der Waals surface area contributed by atoms with Gasteiger partial charge < -0.3 is 10.2 Å². The van der Waals surface area contributed by atoms with Crippen LogP contribution in [0.5, 0.6) is 0 Å². The maximum Gasteiger partial charge on any atom is 0.282 e. The molecule has 1 N–H and O–H groups in total. The summed E-state index contributed by atoms with van der Waals surface area (Å²) in [4.78, 5) is 25.0. The van der Waals surface area contributed by atoms with Crippen LogP contribution >= 0.6 is 0 Å². The minimum absolute atomic E-state index is 0.111. The van der Waals surface area contributed by atoms with E-state index in [-0.39, 0.29) is 17.2 Å². The van der Waals surface area contributed by atoms with Crippen LogP contribution in [0.25, 0.3) is 0 Å². The normalized spacial score (nSPS) is 16.8. The smallest absolute Gasteiger partial charge is 0.282 e. The molecular weight excluding hydrogens is 306 g/mol. The van der Waals surface area contributed by atoms with E-state index in [0.717, 1.165) is 19.5 Å². The Hall–Kier alpha value is -2.89. The SMILES string of the molecule is O=C(NCC1CCN(c2ccccc2)C1)c1ccccc1[N+](=O)[O-]. The average Bonchev–Trinajstić information content (AvgIpc) is 3.09. The van der Waals surface area contributed by atoms with Crippen LogP contribution in [0.15, 0.2) is 54.6 Å². The number of nitrogens with zero attached hydrogens (tertiary/aromatic N) is 2. The molecule has 24 heavy (non-hydrogen) atoms. The Kier molecular flexibility index (Phi) is 4.74. The van der Waals surface area contributed by atoms with Crippen molar-refractivity contribution in [3.05, 3.63) is 70.3 Å². The molecule has 1 saturated heterocycles. The van der Waals surface area contributed by atoms with Crippen LogP contribution in [0.1, 0.15) is 16.8 Å². The molecule has 2 aromatic carbocycles. The highest BCUT2D eigenvalue weighted by molar-refractivity contribution is 5.98. The fourth-order valence-corrected chi connectivity index (χ4v) is 3.03. The Morgan fingerprint density at radius 1 is 1.17 bits per heavy atom. The largest absolute Gasteiger partial charge is 0.371 e. The van der Waals surface area contributed by atoms with E-state index in [1.807, 2.05) is 18.2 Å². The van der Waals surface area contributed by atoms with Crippen LogP contribution in [0.3, 0.4) is 0 Å². The first-order valence-corrected chi connectivity index (χ1v) is 7.97. The predicted octanol–water partition coefficient (Wildman–Crippen LogP) is 2.85. The molecule has 0 saturated carbocycles. The molecule has 124 valence electrons. The lowest BCUT2D eigenvalue weighted by molar-refractivity contribution is -0.385. The number of nitrogens with one attached hydrogen (secondary N) is 1. The summed E-state index contributed by atoms with van der Waals surface area (Å²) in [5, 5.41) is 13.8. The third kappa shape index (κ3) is 3.53. The van der Waals surface area contributed by atoms with Crippen molar-refractivity contribution in [1.82, 2.24) is 5.32 Å². The van der Waals surface area contributed by atoms with Crippen molar-refractivity contribution in [3.63, 3.8) is 0 Å². The summed E-state index contributed by atoms with van der Waals surface area (Å²) in [7, 11) is 0. The number of benzene rings is 2. The standard InChI is InChI=1S/C18H19N3O3/c22-18(16-8-4-5-9-17(16)21(23)24)19-12-14-10-11-20(13-14)15-6-2-1-3-7-15/h1-9,14H,10-13H2,(H,19,22). The second-order valence-corrected chi connectivity index (χ2v) is 5.92. The topological polar surface area (TPSA) is 75.5 Å². The minimum atomic E-state index is -0.526. The Labute approximate surface area is 140 Å². The predicted molar refractivity (Wildman–Crippen MR) is 92.2 cm³/mol. The summed E-state index contributed by atoms with van der Waals surface area (Å²) < 4.78 is 0. The van der Waals surface area contributed by atoms with Crippen molar-refractivity contribution >= 4 is 17.3 Å². The Bertz CT molecular complexity index is 733. The zero-order valence-corrected chi connectivity index (χ0v) is 13.2. The van der Waals surface area contributed by atoms with E-state index in [9.17, 15) is 14.9 Å². The van der Waals surface area contributed by atoms with Gasteiger partial charge in [-0.3, -0.25) is 14.9 Å². The third-order valence-corrected chi connectivity index (χ3v) is 4.30. The van der Waals surface area contributed by atoms with Crippen LogP contribution in [0.2, 0.25) is 0 Å². The van der Waals surface area contributed by atoms with Crippen molar-refractivity contribution in [1.29, 1.82) is 0 Å². The van der Waals surface area contributed by atoms with E-state index in [4.69, 9.17) is 0 Å². The fourth-order valence-electron chi connectivity index (χ4n) is 3.03. The van der Waals surface area contributed by atoms with Gasteiger partial charge in [-0.05, 0) is 30.5 Å². The number of amides is 1. The molecule has 1 heterocycles. The van der Waals surface area contributed by atoms with Gasteiger partial charge in [0, 0.05) is 31.4 Å². The number of nitro groups is 1. The number of carbonyl (C=O) groups excluding carboxylic acids is 1. The first-order valence-electron chi connectivity index (χ1n) is 7.97. The van der Waals surface area contributed by atoms with Crippen LogP contribution in [-0.4, -0.2) is 30.5 Å². The van der Waals surface area contributed by atoms with Crippen molar-refractivity contribution in [3.8, 4) is 0 Å². The zero-order valence-electron chi connectivity index (χ0n) is 13.2. The number of hydrogen-bond acceptors (Lipinski definition) is 4. The molecule has 2 aromatic rings. The molecule has 1 atom stereocenters. The van der Waals surface area contributed by atoms with Gasteiger partial charge in [-0.2, -0.15) is 0 Å². The van der Waals surface area contributed by atoms with E-state index in [1.165, 1.54) is 17.8 Å². The molecule has 0 bridgehead atoms. The lowest BCUT2D eigenvalue weighted by atomic mass is 10.1. The molecule has 6 nitrogen and oxygen atoms in total. The molecule has 0 radical (unpaired) electrons. The lowest BCUT2D eigenvalue weighted by Crippen LogP contribution is -2.31.